The van der Waals surface area contributed by atoms with Crippen LogP contribution in [0.15, 0.2) is 48.5 Å². The van der Waals surface area contributed by atoms with Crippen molar-refractivity contribution in [2.24, 2.45) is 0 Å². The van der Waals surface area contributed by atoms with Crippen molar-refractivity contribution in [3.63, 3.8) is 0 Å². The lowest BCUT2D eigenvalue weighted by Crippen LogP contribution is -2.40. The SMILES string of the molecule is CC(C)c1cccc(C#N)c1NC(=O)N1CC[C@@](C)(Oc2ccccc2)C1. The van der Waals surface area contributed by atoms with Gasteiger partial charge in [0.2, 0.25) is 0 Å². The van der Waals surface area contributed by atoms with E-state index < -0.39 is 5.60 Å². The van der Waals surface area contributed by atoms with Gasteiger partial charge in [-0.25, -0.2) is 4.79 Å². The van der Waals surface area contributed by atoms with Gasteiger partial charge in [-0.15, -0.1) is 0 Å². The fraction of sp³-hybridized carbons (Fsp3) is 0.364. The minimum absolute atomic E-state index is 0.194. The Morgan fingerprint density at radius 3 is 2.63 bits per heavy atom. The molecular weight excluding hydrogens is 338 g/mol. The molecule has 2 aromatic rings. The van der Waals surface area contributed by atoms with E-state index in [1.165, 1.54) is 0 Å². The van der Waals surface area contributed by atoms with Gasteiger partial charge in [-0.1, -0.05) is 44.2 Å². The number of nitrogens with one attached hydrogen (secondary N) is 1. The number of nitrogens with zero attached hydrogens (tertiary/aromatic N) is 2. The summed E-state index contributed by atoms with van der Waals surface area (Å²) in [5.74, 6) is 1.01. The van der Waals surface area contributed by atoms with E-state index in [0.717, 1.165) is 17.7 Å². The molecule has 0 saturated carbocycles. The van der Waals surface area contributed by atoms with Gasteiger partial charge in [0.15, 0.2) is 0 Å². The topological polar surface area (TPSA) is 65.4 Å². The maximum Gasteiger partial charge on any atom is 0.322 e. The summed E-state index contributed by atoms with van der Waals surface area (Å²) >= 11 is 0. The summed E-state index contributed by atoms with van der Waals surface area (Å²) in [5.41, 5.74) is 1.63. The van der Waals surface area contributed by atoms with Crippen LogP contribution < -0.4 is 10.1 Å². The number of likely N-dealkylation sites (tertiary alicyclic amines) is 1. The molecule has 1 atom stereocenters. The zero-order valence-electron chi connectivity index (χ0n) is 16.0. The summed E-state index contributed by atoms with van der Waals surface area (Å²) in [5, 5.41) is 12.4. The first-order valence-corrected chi connectivity index (χ1v) is 9.25. The third-order valence-corrected chi connectivity index (χ3v) is 4.90. The van der Waals surface area contributed by atoms with E-state index in [2.05, 4.69) is 11.4 Å². The second kappa shape index (κ2) is 7.71. The quantitative estimate of drug-likeness (QED) is 0.852. The number of amides is 2. The lowest BCUT2D eigenvalue weighted by molar-refractivity contribution is 0.100. The van der Waals surface area contributed by atoms with Gasteiger partial charge in [0, 0.05) is 13.0 Å². The van der Waals surface area contributed by atoms with E-state index in [1.54, 1.807) is 11.0 Å². The van der Waals surface area contributed by atoms with E-state index >= 15 is 0 Å². The molecule has 27 heavy (non-hydrogen) atoms. The van der Waals surface area contributed by atoms with Crippen LogP contribution in [0.4, 0.5) is 10.5 Å². The first-order valence-electron chi connectivity index (χ1n) is 9.25. The highest BCUT2D eigenvalue weighted by Gasteiger charge is 2.38. The molecule has 0 unspecified atom stereocenters. The van der Waals surface area contributed by atoms with Gasteiger partial charge in [0.05, 0.1) is 17.8 Å². The molecule has 1 aliphatic rings. The molecule has 0 aliphatic carbocycles. The van der Waals surface area contributed by atoms with Crippen LogP contribution in [0.3, 0.4) is 0 Å². The molecule has 0 spiro atoms. The Labute approximate surface area is 160 Å². The molecule has 140 valence electrons. The fourth-order valence-electron chi connectivity index (χ4n) is 3.43. The first-order chi connectivity index (χ1) is 12.9. The van der Waals surface area contributed by atoms with Gasteiger partial charge in [-0.05, 0) is 36.6 Å². The second-order valence-electron chi connectivity index (χ2n) is 7.50. The van der Waals surface area contributed by atoms with Crippen molar-refractivity contribution in [3.8, 4) is 11.8 Å². The van der Waals surface area contributed by atoms with E-state index in [0.29, 0.717) is 24.3 Å². The predicted molar refractivity (Wildman–Crippen MR) is 106 cm³/mol. The standard InChI is InChI=1S/C22H25N3O2/c1-16(2)19-11-7-8-17(14-23)20(19)24-21(26)25-13-12-22(3,15-25)27-18-9-5-4-6-10-18/h4-11,16H,12-13,15H2,1-3H3,(H,24,26)/t22-/m1/s1. The van der Waals surface area contributed by atoms with Crippen molar-refractivity contribution in [2.75, 3.05) is 18.4 Å². The molecule has 5 nitrogen and oxygen atoms in total. The van der Waals surface area contributed by atoms with Crippen molar-refractivity contribution < 1.29 is 9.53 Å². The Bertz CT molecular complexity index is 858. The molecule has 0 radical (unpaired) electrons. The number of nitriles is 1. The van der Waals surface area contributed by atoms with Gasteiger partial charge in [-0.3, -0.25) is 0 Å². The van der Waals surface area contributed by atoms with Gasteiger partial charge < -0.3 is 15.0 Å². The second-order valence-corrected chi connectivity index (χ2v) is 7.50. The highest BCUT2D eigenvalue weighted by molar-refractivity contribution is 5.92. The van der Waals surface area contributed by atoms with Crippen molar-refractivity contribution in [1.82, 2.24) is 4.90 Å². The maximum atomic E-state index is 12.8. The monoisotopic (exact) mass is 363 g/mol. The van der Waals surface area contributed by atoms with Crippen LogP contribution in [0.1, 0.15) is 44.2 Å². The van der Waals surface area contributed by atoms with Gasteiger partial charge in [0.1, 0.15) is 17.4 Å². The minimum Gasteiger partial charge on any atom is -0.486 e. The predicted octanol–water partition coefficient (Wildman–Crippen LogP) is 4.76. The Morgan fingerprint density at radius 1 is 1.22 bits per heavy atom. The van der Waals surface area contributed by atoms with E-state index in [-0.39, 0.29) is 11.9 Å². The Balaban J connectivity index is 1.72. The summed E-state index contributed by atoms with van der Waals surface area (Å²) < 4.78 is 6.13. The Kier molecular flexibility index (Phi) is 5.36. The highest BCUT2D eigenvalue weighted by Crippen LogP contribution is 2.30. The van der Waals surface area contributed by atoms with Crippen LogP contribution in [-0.4, -0.2) is 29.6 Å². The van der Waals surface area contributed by atoms with Gasteiger partial charge in [-0.2, -0.15) is 5.26 Å². The van der Waals surface area contributed by atoms with E-state index in [9.17, 15) is 10.1 Å². The lowest BCUT2D eigenvalue weighted by Gasteiger charge is -2.26. The number of carbonyl (C=O) groups excluding carboxylic acids is 1. The molecule has 1 fully saturated rings. The number of para-hydroxylation sites is 2. The van der Waals surface area contributed by atoms with Crippen LogP contribution in [0.2, 0.25) is 0 Å². The molecule has 0 aromatic heterocycles. The number of carbonyl (C=O) groups is 1. The largest absolute Gasteiger partial charge is 0.486 e. The highest BCUT2D eigenvalue weighted by atomic mass is 16.5. The maximum absolute atomic E-state index is 12.8. The molecule has 3 rings (SSSR count). The summed E-state index contributed by atoms with van der Waals surface area (Å²) in [7, 11) is 0. The molecule has 1 aliphatic heterocycles. The third-order valence-electron chi connectivity index (χ3n) is 4.90. The van der Waals surface area contributed by atoms with Crippen molar-refractivity contribution in [3.05, 3.63) is 59.7 Å². The molecule has 0 bridgehead atoms. The number of ether oxygens (including phenoxy) is 1. The molecule has 1 N–H and O–H groups in total. The third kappa shape index (κ3) is 4.22. The van der Waals surface area contributed by atoms with Gasteiger partial charge >= 0.3 is 6.03 Å². The van der Waals surface area contributed by atoms with Crippen LogP contribution in [0, 0.1) is 11.3 Å². The lowest BCUT2D eigenvalue weighted by atomic mass is 9.98. The number of benzene rings is 2. The summed E-state index contributed by atoms with van der Waals surface area (Å²) in [6.45, 7) is 7.23. The number of rotatable bonds is 4. The molecule has 2 aromatic carbocycles. The number of urea groups is 1. The molecular formula is C22H25N3O2. The van der Waals surface area contributed by atoms with Crippen molar-refractivity contribution in [2.45, 2.75) is 38.7 Å². The average molecular weight is 363 g/mol. The molecule has 1 saturated heterocycles. The smallest absolute Gasteiger partial charge is 0.322 e. The van der Waals surface area contributed by atoms with E-state index in [4.69, 9.17) is 4.74 Å². The number of hydrogen-bond donors (Lipinski definition) is 1. The van der Waals surface area contributed by atoms with Crippen molar-refractivity contribution >= 4 is 11.7 Å². The molecule has 2 amide bonds. The fourth-order valence-corrected chi connectivity index (χ4v) is 3.43. The normalized spacial score (nSPS) is 19.0. The zero-order chi connectivity index (χ0) is 19.4. The van der Waals surface area contributed by atoms with Gasteiger partial charge in [0.25, 0.3) is 0 Å². The van der Waals surface area contributed by atoms with Crippen molar-refractivity contribution in [1.29, 1.82) is 5.26 Å². The number of hydrogen-bond acceptors (Lipinski definition) is 3. The average Bonchev–Trinajstić information content (AvgIpc) is 3.04. The van der Waals surface area contributed by atoms with Crippen LogP contribution in [-0.2, 0) is 0 Å². The zero-order valence-corrected chi connectivity index (χ0v) is 16.0. The van der Waals surface area contributed by atoms with Crippen LogP contribution >= 0.6 is 0 Å². The Morgan fingerprint density at radius 2 is 1.96 bits per heavy atom. The summed E-state index contributed by atoms with van der Waals surface area (Å²) in [4.78, 5) is 14.6. The molecule has 1 heterocycles. The van der Waals surface area contributed by atoms with E-state index in [1.807, 2.05) is 63.2 Å². The number of anilines is 1. The minimum atomic E-state index is -0.422. The first kappa shape index (κ1) is 18.8. The Hall–Kier alpha value is -3.00. The van der Waals surface area contributed by atoms with Crippen LogP contribution in [0.5, 0.6) is 5.75 Å². The summed E-state index contributed by atoms with van der Waals surface area (Å²) in [6, 6.07) is 17.2. The molecule has 5 heteroatoms. The summed E-state index contributed by atoms with van der Waals surface area (Å²) in [6.07, 6.45) is 0.756. The van der Waals surface area contributed by atoms with Crippen LogP contribution in [0.25, 0.3) is 0 Å².